The Morgan fingerprint density at radius 1 is 1.50 bits per heavy atom. The summed E-state index contributed by atoms with van der Waals surface area (Å²) in [6, 6.07) is 6.29. The lowest BCUT2D eigenvalue weighted by atomic mass is 10.0. The van der Waals surface area contributed by atoms with Crippen LogP contribution in [0, 0.1) is 11.3 Å². The number of benzene rings is 1. The van der Waals surface area contributed by atoms with E-state index in [1.807, 2.05) is 24.4 Å². The second-order valence-corrected chi connectivity index (χ2v) is 4.04. The van der Waals surface area contributed by atoms with Crippen LogP contribution in [0.15, 0.2) is 17.5 Å². The molecule has 0 saturated carbocycles. The molecule has 0 aliphatic carbocycles. The zero-order chi connectivity index (χ0) is 10.1. The maximum absolute atomic E-state index is 9.09. The van der Waals surface area contributed by atoms with Crippen molar-refractivity contribution >= 4 is 27.1 Å². The maximum Gasteiger partial charge on any atom is 0.100 e. The first-order valence-electron chi connectivity index (χ1n) is 4.46. The molecule has 70 valence electrons. The highest BCUT2D eigenvalue weighted by molar-refractivity contribution is 7.17. The summed E-state index contributed by atoms with van der Waals surface area (Å²) in [5.74, 6) is 0. The number of nitriles is 1. The van der Waals surface area contributed by atoms with Crippen molar-refractivity contribution in [1.29, 1.82) is 5.26 Å². The summed E-state index contributed by atoms with van der Waals surface area (Å²) in [5, 5.41) is 11.9. The highest BCUT2D eigenvalue weighted by Gasteiger charge is 2.09. The number of nitrogen functional groups attached to an aromatic ring is 1. The summed E-state index contributed by atoms with van der Waals surface area (Å²) in [5.41, 5.74) is 8.37. The van der Waals surface area contributed by atoms with Gasteiger partial charge in [0.15, 0.2) is 0 Å². The van der Waals surface area contributed by atoms with Crippen LogP contribution in [0.2, 0.25) is 0 Å². The van der Waals surface area contributed by atoms with Gasteiger partial charge >= 0.3 is 0 Å². The fourth-order valence-electron chi connectivity index (χ4n) is 1.62. The summed E-state index contributed by atoms with van der Waals surface area (Å²) in [4.78, 5) is 0. The van der Waals surface area contributed by atoms with Crippen LogP contribution >= 0.6 is 11.3 Å². The first kappa shape index (κ1) is 9.04. The van der Waals surface area contributed by atoms with Crippen molar-refractivity contribution in [1.82, 2.24) is 0 Å². The Morgan fingerprint density at radius 3 is 2.93 bits per heavy atom. The number of anilines is 1. The van der Waals surface area contributed by atoms with Crippen molar-refractivity contribution in [2.75, 3.05) is 5.73 Å². The SMILES string of the molecule is CCc1ccc2scc(N)c2c1C#N. The van der Waals surface area contributed by atoms with Crippen LogP contribution in [-0.4, -0.2) is 0 Å². The van der Waals surface area contributed by atoms with E-state index in [1.165, 1.54) is 0 Å². The van der Waals surface area contributed by atoms with E-state index in [1.54, 1.807) is 11.3 Å². The van der Waals surface area contributed by atoms with E-state index in [4.69, 9.17) is 11.0 Å². The molecule has 0 saturated heterocycles. The molecule has 0 unspecified atom stereocenters. The lowest BCUT2D eigenvalue weighted by Crippen LogP contribution is -1.90. The summed E-state index contributed by atoms with van der Waals surface area (Å²) in [6.45, 7) is 2.05. The minimum Gasteiger partial charge on any atom is -0.398 e. The van der Waals surface area contributed by atoms with Crippen molar-refractivity contribution in [2.24, 2.45) is 0 Å². The van der Waals surface area contributed by atoms with E-state index in [0.29, 0.717) is 0 Å². The molecule has 2 N–H and O–H groups in total. The summed E-state index contributed by atoms with van der Waals surface area (Å²) < 4.78 is 1.09. The van der Waals surface area contributed by atoms with Gasteiger partial charge in [-0.15, -0.1) is 11.3 Å². The first-order valence-corrected chi connectivity index (χ1v) is 5.34. The molecule has 0 fully saturated rings. The van der Waals surface area contributed by atoms with E-state index in [-0.39, 0.29) is 0 Å². The maximum atomic E-state index is 9.09. The third-order valence-corrected chi connectivity index (χ3v) is 3.31. The molecule has 2 aromatic rings. The Hall–Kier alpha value is -1.53. The van der Waals surface area contributed by atoms with Gasteiger partial charge in [-0.25, -0.2) is 0 Å². The minimum absolute atomic E-state index is 0.719. The van der Waals surface area contributed by atoms with Crippen LogP contribution in [0.3, 0.4) is 0 Å². The molecule has 0 spiro atoms. The molecule has 3 heteroatoms. The Labute approximate surface area is 86.6 Å². The predicted octanol–water partition coefficient (Wildman–Crippen LogP) is 2.92. The molecule has 1 aromatic heterocycles. The Kier molecular flexibility index (Phi) is 2.14. The van der Waals surface area contributed by atoms with Gasteiger partial charge in [-0.3, -0.25) is 0 Å². The second-order valence-electron chi connectivity index (χ2n) is 3.13. The fourth-order valence-corrected chi connectivity index (χ4v) is 2.48. The fraction of sp³-hybridized carbons (Fsp3) is 0.182. The number of hydrogen-bond donors (Lipinski definition) is 1. The van der Waals surface area contributed by atoms with Crippen molar-refractivity contribution < 1.29 is 0 Å². The second kappa shape index (κ2) is 3.32. The number of fused-ring (bicyclic) bond motifs is 1. The number of hydrogen-bond acceptors (Lipinski definition) is 3. The normalized spacial score (nSPS) is 10.3. The molecular weight excluding hydrogens is 192 g/mol. The largest absolute Gasteiger partial charge is 0.398 e. The topological polar surface area (TPSA) is 49.8 Å². The van der Waals surface area contributed by atoms with Gasteiger partial charge in [0.1, 0.15) is 6.07 Å². The van der Waals surface area contributed by atoms with Gasteiger partial charge in [-0.05, 0) is 18.1 Å². The third-order valence-electron chi connectivity index (χ3n) is 2.35. The highest BCUT2D eigenvalue weighted by atomic mass is 32.1. The summed E-state index contributed by atoms with van der Waals surface area (Å²) in [6.07, 6.45) is 0.869. The number of rotatable bonds is 1. The Bertz CT molecular complexity index is 520. The van der Waals surface area contributed by atoms with Gasteiger partial charge in [0, 0.05) is 15.5 Å². The predicted molar refractivity (Wildman–Crippen MR) is 60.3 cm³/mol. The zero-order valence-electron chi connectivity index (χ0n) is 7.87. The highest BCUT2D eigenvalue weighted by Crippen LogP contribution is 2.32. The number of nitrogens with two attached hydrogens (primary N) is 1. The molecule has 2 rings (SSSR count). The van der Waals surface area contributed by atoms with Gasteiger partial charge in [-0.1, -0.05) is 13.0 Å². The van der Waals surface area contributed by atoms with Crippen molar-refractivity contribution in [3.05, 3.63) is 28.6 Å². The smallest absolute Gasteiger partial charge is 0.100 e. The van der Waals surface area contributed by atoms with Crippen molar-refractivity contribution in [3.63, 3.8) is 0 Å². The van der Waals surface area contributed by atoms with Gasteiger partial charge < -0.3 is 5.73 Å². The lowest BCUT2D eigenvalue weighted by Gasteiger charge is -2.02. The molecule has 1 aromatic carbocycles. The first-order chi connectivity index (χ1) is 6.77. The molecule has 0 bridgehead atoms. The summed E-state index contributed by atoms with van der Waals surface area (Å²) >= 11 is 1.59. The molecule has 0 aliphatic heterocycles. The Morgan fingerprint density at radius 2 is 2.29 bits per heavy atom. The van der Waals surface area contributed by atoms with E-state index in [9.17, 15) is 0 Å². The molecule has 0 aliphatic rings. The average molecular weight is 202 g/mol. The monoisotopic (exact) mass is 202 g/mol. The molecule has 1 heterocycles. The van der Waals surface area contributed by atoms with Crippen molar-refractivity contribution in [2.45, 2.75) is 13.3 Å². The van der Waals surface area contributed by atoms with E-state index < -0.39 is 0 Å². The van der Waals surface area contributed by atoms with Crippen molar-refractivity contribution in [3.8, 4) is 6.07 Å². The average Bonchev–Trinajstić information content (AvgIpc) is 2.59. The van der Waals surface area contributed by atoms with Crippen LogP contribution in [-0.2, 0) is 6.42 Å². The quantitative estimate of drug-likeness (QED) is 0.773. The molecule has 0 amide bonds. The van der Waals surface area contributed by atoms with E-state index in [0.717, 1.165) is 33.3 Å². The van der Waals surface area contributed by atoms with Crippen LogP contribution in [0.1, 0.15) is 18.1 Å². The third kappa shape index (κ3) is 1.16. The minimum atomic E-state index is 0.719. The van der Waals surface area contributed by atoms with Gasteiger partial charge in [0.25, 0.3) is 0 Å². The lowest BCUT2D eigenvalue weighted by molar-refractivity contribution is 1.14. The van der Waals surface area contributed by atoms with Gasteiger partial charge in [-0.2, -0.15) is 5.26 Å². The zero-order valence-corrected chi connectivity index (χ0v) is 8.69. The molecule has 0 radical (unpaired) electrons. The standard InChI is InChI=1S/C11H10N2S/c1-2-7-3-4-10-11(8(7)5-12)9(13)6-14-10/h3-4,6H,2,13H2,1H3. The molecular formula is C11H10N2S. The van der Waals surface area contributed by atoms with Crippen LogP contribution in [0.4, 0.5) is 5.69 Å². The van der Waals surface area contributed by atoms with E-state index in [2.05, 4.69) is 6.07 Å². The molecule has 0 atom stereocenters. The number of nitrogens with zero attached hydrogens (tertiary/aromatic N) is 1. The van der Waals surface area contributed by atoms with Crippen LogP contribution in [0.25, 0.3) is 10.1 Å². The van der Waals surface area contributed by atoms with Crippen LogP contribution < -0.4 is 5.73 Å². The van der Waals surface area contributed by atoms with Gasteiger partial charge in [0.05, 0.1) is 11.3 Å². The molecule has 2 nitrogen and oxygen atoms in total. The van der Waals surface area contributed by atoms with Gasteiger partial charge in [0.2, 0.25) is 0 Å². The molecule has 14 heavy (non-hydrogen) atoms. The van der Waals surface area contributed by atoms with Crippen LogP contribution in [0.5, 0.6) is 0 Å². The number of aryl methyl sites for hydroxylation is 1. The Balaban J connectivity index is 2.90. The number of thiophene rings is 1. The summed E-state index contributed by atoms with van der Waals surface area (Å²) in [7, 11) is 0. The van der Waals surface area contributed by atoms with E-state index >= 15 is 0 Å².